The van der Waals surface area contributed by atoms with Crippen molar-refractivity contribution in [2.45, 2.75) is 60.3 Å². The summed E-state index contributed by atoms with van der Waals surface area (Å²) < 4.78 is 28.1. The normalized spacial score (nSPS) is 18.7. The lowest BCUT2D eigenvalue weighted by molar-refractivity contribution is 0.0737. The predicted molar refractivity (Wildman–Crippen MR) is 128 cm³/mol. The summed E-state index contributed by atoms with van der Waals surface area (Å²) in [5, 5.41) is 0. The topological polar surface area (TPSA) is 23.6 Å². The molecule has 2 heterocycles. The zero-order valence-electron chi connectivity index (χ0n) is 20.3. The van der Waals surface area contributed by atoms with Crippen LogP contribution < -0.4 is 0 Å². The van der Waals surface area contributed by atoms with Gasteiger partial charge in [-0.3, -0.25) is 4.79 Å². The van der Waals surface area contributed by atoms with Crippen molar-refractivity contribution in [1.29, 1.82) is 0 Å². The molecule has 5 heteroatoms. The van der Waals surface area contributed by atoms with Crippen LogP contribution in [-0.4, -0.2) is 41.9 Å². The third-order valence-electron chi connectivity index (χ3n) is 6.30. The van der Waals surface area contributed by atoms with Gasteiger partial charge in [-0.05, 0) is 70.5 Å². The van der Waals surface area contributed by atoms with Crippen molar-refractivity contribution in [2.24, 2.45) is 5.41 Å². The van der Waals surface area contributed by atoms with Crippen LogP contribution in [-0.2, 0) is 0 Å². The molecule has 176 valence electrons. The van der Waals surface area contributed by atoms with Gasteiger partial charge in [-0.2, -0.15) is 0 Å². The molecule has 32 heavy (non-hydrogen) atoms. The molecule has 2 aliphatic rings. The van der Waals surface area contributed by atoms with E-state index in [2.05, 4.69) is 24.8 Å². The first-order valence-corrected chi connectivity index (χ1v) is 12.0. The number of halogens is 2. The zero-order chi connectivity index (χ0) is 23.7. The van der Waals surface area contributed by atoms with Crippen LogP contribution in [0.2, 0.25) is 0 Å². The lowest BCUT2D eigenvalue weighted by Crippen LogP contribution is -2.43. The maximum atomic E-state index is 14.3. The Morgan fingerprint density at radius 3 is 2.44 bits per heavy atom. The van der Waals surface area contributed by atoms with Crippen LogP contribution in [0.5, 0.6) is 0 Å². The van der Waals surface area contributed by atoms with Crippen LogP contribution in [0.4, 0.5) is 8.78 Å². The largest absolute Gasteiger partial charge is 0.308 e. The van der Waals surface area contributed by atoms with Gasteiger partial charge in [0, 0.05) is 17.7 Å². The standard InChI is InChI=1S/C25H32F2N2O.C2H6/c1-4-14-28-15-12-25(13-16-28)17-20(11-10-19(5-2)6-3)29(18-25)24(30)21-8-7-9-22(26)23(21)27;1-2/h5,7-11,17H,4,6,12-16,18H2,1-3H3;1-2H3/b11-10-,19-5-;. The third kappa shape index (κ3) is 5.94. The molecule has 3 nitrogen and oxygen atoms in total. The van der Waals surface area contributed by atoms with E-state index in [0.29, 0.717) is 6.54 Å². The van der Waals surface area contributed by atoms with Gasteiger partial charge in [0.05, 0.1) is 5.56 Å². The first-order valence-electron chi connectivity index (χ1n) is 12.0. The van der Waals surface area contributed by atoms with Crippen molar-refractivity contribution in [2.75, 3.05) is 26.2 Å². The number of carbonyl (C=O) groups is 1. The van der Waals surface area contributed by atoms with Gasteiger partial charge in [0.1, 0.15) is 0 Å². The van der Waals surface area contributed by atoms with Crippen molar-refractivity contribution >= 4 is 5.91 Å². The van der Waals surface area contributed by atoms with E-state index in [-0.39, 0.29) is 11.0 Å². The number of rotatable bonds is 6. The minimum atomic E-state index is -1.08. The number of hydrogen-bond acceptors (Lipinski definition) is 2. The predicted octanol–water partition coefficient (Wildman–Crippen LogP) is 6.74. The summed E-state index contributed by atoms with van der Waals surface area (Å²) in [5.74, 6) is -2.55. The molecule has 1 aromatic rings. The Hall–Kier alpha value is -2.27. The van der Waals surface area contributed by atoms with Gasteiger partial charge >= 0.3 is 0 Å². The molecule has 0 aliphatic carbocycles. The Balaban J connectivity index is 0.00000176. The van der Waals surface area contributed by atoms with Gasteiger partial charge in [0.25, 0.3) is 5.91 Å². The molecule has 0 atom stereocenters. The Morgan fingerprint density at radius 1 is 1.16 bits per heavy atom. The van der Waals surface area contributed by atoms with Crippen molar-refractivity contribution in [3.8, 4) is 0 Å². The maximum Gasteiger partial charge on any atom is 0.261 e. The van der Waals surface area contributed by atoms with Gasteiger partial charge < -0.3 is 9.80 Å². The molecule has 1 aromatic carbocycles. The average Bonchev–Trinajstić information content (AvgIpc) is 3.17. The highest BCUT2D eigenvalue weighted by molar-refractivity contribution is 5.96. The molecule has 1 spiro atoms. The molecule has 0 N–H and O–H groups in total. The quantitative estimate of drug-likeness (QED) is 0.454. The van der Waals surface area contributed by atoms with Crippen LogP contribution in [0.15, 0.2) is 53.8 Å². The number of allylic oxidation sites excluding steroid dienone is 4. The van der Waals surface area contributed by atoms with Gasteiger partial charge in [0.2, 0.25) is 0 Å². The lowest BCUT2D eigenvalue weighted by Gasteiger charge is -2.38. The smallest absolute Gasteiger partial charge is 0.261 e. The first-order chi connectivity index (χ1) is 15.4. The van der Waals surface area contributed by atoms with Gasteiger partial charge in [-0.1, -0.05) is 57.6 Å². The summed E-state index contributed by atoms with van der Waals surface area (Å²) in [4.78, 5) is 17.3. The van der Waals surface area contributed by atoms with E-state index < -0.39 is 17.5 Å². The molecule has 1 amide bonds. The first kappa shape index (κ1) is 26.0. The number of benzene rings is 1. The van der Waals surface area contributed by atoms with E-state index >= 15 is 0 Å². The fraction of sp³-hybridized carbons (Fsp3) is 0.519. The molecule has 0 radical (unpaired) electrons. The number of carbonyl (C=O) groups excluding carboxylic acids is 1. The fourth-order valence-electron chi connectivity index (χ4n) is 4.44. The van der Waals surface area contributed by atoms with Crippen molar-refractivity contribution in [3.63, 3.8) is 0 Å². The van der Waals surface area contributed by atoms with Gasteiger partial charge in [0.15, 0.2) is 11.6 Å². The second kappa shape index (κ2) is 12.1. The van der Waals surface area contributed by atoms with Crippen molar-refractivity contribution < 1.29 is 13.6 Å². The zero-order valence-corrected chi connectivity index (χ0v) is 20.3. The third-order valence-corrected chi connectivity index (χ3v) is 6.30. The van der Waals surface area contributed by atoms with Crippen LogP contribution in [0.1, 0.15) is 70.7 Å². The van der Waals surface area contributed by atoms with Gasteiger partial charge in [-0.25, -0.2) is 8.78 Å². The number of likely N-dealkylation sites (tertiary alicyclic amines) is 1. The molecular formula is C27H38F2N2O. The molecule has 0 aromatic heterocycles. The Morgan fingerprint density at radius 2 is 1.84 bits per heavy atom. The second-order valence-corrected chi connectivity index (χ2v) is 8.32. The highest BCUT2D eigenvalue weighted by Gasteiger charge is 2.42. The molecule has 1 saturated heterocycles. The monoisotopic (exact) mass is 444 g/mol. The van der Waals surface area contributed by atoms with Crippen LogP contribution in [0.25, 0.3) is 0 Å². The van der Waals surface area contributed by atoms with E-state index in [1.54, 1.807) is 4.90 Å². The Kier molecular flexibility index (Phi) is 9.83. The molecular weight excluding hydrogens is 406 g/mol. The second-order valence-electron chi connectivity index (χ2n) is 8.32. The minimum Gasteiger partial charge on any atom is -0.308 e. The van der Waals surface area contributed by atoms with Crippen molar-refractivity contribution in [3.05, 3.63) is 71.0 Å². The maximum absolute atomic E-state index is 14.3. The molecule has 2 aliphatic heterocycles. The summed E-state index contributed by atoms with van der Waals surface area (Å²) in [6, 6.07) is 3.78. The summed E-state index contributed by atoms with van der Waals surface area (Å²) in [5.41, 5.74) is 1.63. The summed E-state index contributed by atoms with van der Waals surface area (Å²) >= 11 is 0. The summed E-state index contributed by atoms with van der Waals surface area (Å²) in [6.45, 7) is 13.8. The van der Waals surface area contributed by atoms with Crippen LogP contribution in [0, 0.1) is 17.0 Å². The Bertz CT molecular complexity index is 864. The van der Waals surface area contributed by atoms with Gasteiger partial charge in [-0.15, -0.1) is 0 Å². The van der Waals surface area contributed by atoms with Crippen LogP contribution >= 0.6 is 0 Å². The average molecular weight is 445 g/mol. The van der Waals surface area contributed by atoms with Crippen molar-refractivity contribution in [1.82, 2.24) is 9.80 Å². The summed E-state index contributed by atoms with van der Waals surface area (Å²) in [6.07, 6.45) is 12.1. The lowest BCUT2D eigenvalue weighted by atomic mass is 9.79. The van der Waals surface area contributed by atoms with E-state index in [4.69, 9.17) is 0 Å². The van der Waals surface area contributed by atoms with E-state index in [1.165, 1.54) is 17.7 Å². The molecule has 0 unspecified atom stereocenters. The number of hydrogen-bond donors (Lipinski definition) is 0. The highest BCUT2D eigenvalue weighted by atomic mass is 19.2. The fourth-order valence-corrected chi connectivity index (χ4v) is 4.44. The van der Waals surface area contributed by atoms with E-state index in [0.717, 1.165) is 57.1 Å². The summed E-state index contributed by atoms with van der Waals surface area (Å²) in [7, 11) is 0. The molecule has 3 rings (SSSR count). The number of piperidine rings is 1. The molecule has 0 saturated carbocycles. The number of nitrogens with zero attached hydrogens (tertiary/aromatic N) is 2. The number of amides is 1. The van der Waals surface area contributed by atoms with E-state index in [1.807, 2.05) is 39.0 Å². The highest BCUT2D eigenvalue weighted by Crippen LogP contribution is 2.42. The molecule has 1 fully saturated rings. The SMILES string of the molecule is C/C=C(\C=C/C1=CC2(CCN(CCC)CC2)CN1C(=O)c1cccc(F)c1F)CC.CC. The van der Waals surface area contributed by atoms with Crippen LogP contribution in [0.3, 0.4) is 0 Å². The van der Waals surface area contributed by atoms with E-state index in [9.17, 15) is 13.6 Å². The Labute approximate surface area is 192 Å². The molecule has 0 bridgehead atoms. The minimum absolute atomic E-state index is 0.105.